The van der Waals surface area contributed by atoms with Gasteiger partial charge in [-0.05, 0) is 17.7 Å². The summed E-state index contributed by atoms with van der Waals surface area (Å²) in [5, 5.41) is 7.78. The number of carbonyl (C=O) groups is 3. The Morgan fingerprint density at radius 3 is 2.73 bits per heavy atom. The van der Waals surface area contributed by atoms with E-state index < -0.39 is 11.9 Å². The first-order chi connectivity index (χ1) is 14.6. The first kappa shape index (κ1) is 19.7. The van der Waals surface area contributed by atoms with Crippen molar-refractivity contribution < 1.29 is 23.9 Å². The predicted molar refractivity (Wildman–Crippen MR) is 108 cm³/mol. The molecule has 3 N–H and O–H groups in total. The lowest BCUT2D eigenvalue weighted by Crippen LogP contribution is -2.43. The molecule has 9 heteroatoms. The van der Waals surface area contributed by atoms with Crippen molar-refractivity contribution in [3.63, 3.8) is 0 Å². The van der Waals surface area contributed by atoms with E-state index in [0.29, 0.717) is 30.3 Å². The van der Waals surface area contributed by atoms with Crippen LogP contribution >= 0.6 is 0 Å². The highest BCUT2D eigenvalue weighted by atomic mass is 16.7. The third kappa shape index (κ3) is 4.69. The Labute approximate surface area is 173 Å². The minimum Gasteiger partial charge on any atom is -0.454 e. The maximum Gasteiger partial charge on any atom is 0.325 e. The Hall–Kier alpha value is -3.59. The molecule has 0 aliphatic carbocycles. The van der Waals surface area contributed by atoms with Gasteiger partial charge in [-0.1, -0.05) is 30.3 Å². The molecule has 4 rings (SSSR count). The minimum absolute atomic E-state index is 0.0108. The highest BCUT2D eigenvalue weighted by Gasteiger charge is 2.28. The maximum absolute atomic E-state index is 12.5. The number of amides is 4. The number of benzene rings is 2. The number of rotatable bonds is 4. The summed E-state index contributed by atoms with van der Waals surface area (Å²) >= 11 is 0. The molecule has 0 radical (unpaired) electrons. The van der Waals surface area contributed by atoms with Crippen molar-refractivity contribution in [3.05, 3.63) is 54.1 Å². The first-order valence-electron chi connectivity index (χ1n) is 9.64. The quantitative estimate of drug-likeness (QED) is 0.707. The third-order valence-electron chi connectivity index (χ3n) is 4.96. The molecule has 1 atom stereocenters. The summed E-state index contributed by atoms with van der Waals surface area (Å²) < 4.78 is 10.5. The van der Waals surface area contributed by atoms with Crippen molar-refractivity contribution in [1.82, 2.24) is 15.5 Å². The Balaban J connectivity index is 1.37. The molecule has 9 nitrogen and oxygen atoms in total. The number of urea groups is 1. The van der Waals surface area contributed by atoms with Crippen LogP contribution in [0.5, 0.6) is 11.5 Å². The lowest BCUT2D eigenvalue weighted by molar-refractivity contribution is -0.123. The molecule has 0 unspecified atom stereocenters. The van der Waals surface area contributed by atoms with Crippen LogP contribution in [0.25, 0.3) is 0 Å². The largest absolute Gasteiger partial charge is 0.454 e. The average Bonchev–Trinajstić information content (AvgIpc) is 3.12. The molecule has 4 amide bonds. The van der Waals surface area contributed by atoms with Gasteiger partial charge in [0, 0.05) is 37.3 Å². The summed E-state index contributed by atoms with van der Waals surface area (Å²) in [6.45, 7) is 1.07. The number of nitrogens with one attached hydrogen (secondary N) is 3. The summed E-state index contributed by atoms with van der Waals surface area (Å²) in [5.74, 6) is 0.621. The van der Waals surface area contributed by atoms with Crippen molar-refractivity contribution in [2.75, 3.05) is 31.7 Å². The highest BCUT2D eigenvalue weighted by molar-refractivity contribution is 6.02. The van der Waals surface area contributed by atoms with Crippen LogP contribution in [0.15, 0.2) is 48.5 Å². The van der Waals surface area contributed by atoms with Crippen LogP contribution in [0.2, 0.25) is 0 Å². The fourth-order valence-corrected chi connectivity index (χ4v) is 3.55. The smallest absolute Gasteiger partial charge is 0.325 e. The number of ether oxygens (including phenoxy) is 2. The van der Waals surface area contributed by atoms with Gasteiger partial charge >= 0.3 is 6.03 Å². The van der Waals surface area contributed by atoms with Crippen molar-refractivity contribution in [2.45, 2.75) is 12.5 Å². The van der Waals surface area contributed by atoms with Gasteiger partial charge in [-0.3, -0.25) is 19.8 Å². The summed E-state index contributed by atoms with van der Waals surface area (Å²) in [5.41, 5.74) is 1.43. The Morgan fingerprint density at radius 1 is 1.10 bits per heavy atom. The third-order valence-corrected chi connectivity index (χ3v) is 4.96. The van der Waals surface area contributed by atoms with Crippen molar-refractivity contribution in [1.29, 1.82) is 0 Å². The van der Waals surface area contributed by atoms with E-state index in [4.69, 9.17) is 9.47 Å². The van der Waals surface area contributed by atoms with Crippen LogP contribution in [-0.2, 0) is 9.59 Å². The fraction of sp³-hybridized carbons (Fsp3) is 0.286. The fourth-order valence-electron chi connectivity index (χ4n) is 3.55. The predicted octanol–water partition coefficient (Wildman–Crippen LogP) is 1.63. The normalized spacial score (nSPS) is 18.3. The van der Waals surface area contributed by atoms with E-state index in [1.165, 1.54) is 0 Å². The number of hydrogen-bond acceptors (Lipinski definition) is 6. The summed E-state index contributed by atoms with van der Waals surface area (Å²) in [6, 6.07) is 13.7. The average molecular weight is 410 g/mol. The summed E-state index contributed by atoms with van der Waals surface area (Å²) in [6.07, 6.45) is 0.251. The second kappa shape index (κ2) is 8.83. The lowest BCUT2D eigenvalue weighted by Gasteiger charge is -2.28. The molecule has 1 saturated heterocycles. The molecule has 30 heavy (non-hydrogen) atoms. The van der Waals surface area contributed by atoms with E-state index in [1.54, 1.807) is 18.2 Å². The van der Waals surface area contributed by atoms with Crippen molar-refractivity contribution in [3.8, 4) is 11.5 Å². The Bertz CT molecular complexity index is 950. The van der Waals surface area contributed by atoms with Crippen LogP contribution in [0, 0.1) is 0 Å². The number of hydrogen-bond donors (Lipinski definition) is 3. The number of carbonyl (C=O) groups excluding carboxylic acids is 3. The molecule has 2 aliphatic rings. The molecule has 0 bridgehead atoms. The first-order valence-corrected chi connectivity index (χ1v) is 9.64. The van der Waals surface area contributed by atoms with Gasteiger partial charge in [0.25, 0.3) is 0 Å². The minimum atomic E-state index is -0.640. The topological polar surface area (TPSA) is 109 Å². The zero-order chi connectivity index (χ0) is 20.9. The standard InChI is InChI=1S/C21H22N4O5/c26-19-11-16(14-4-2-1-3-5-14)25(9-8-22-19)12-20(27)24-21(28)23-15-6-7-17-18(10-15)30-13-29-17/h1-7,10,16H,8-9,11-13H2,(H,22,26)(H2,23,24,27,28)/t16-/m0/s1. The molecule has 2 heterocycles. The highest BCUT2D eigenvalue weighted by Crippen LogP contribution is 2.34. The molecule has 2 aliphatic heterocycles. The summed E-state index contributed by atoms with van der Waals surface area (Å²) in [4.78, 5) is 38.7. The molecule has 0 spiro atoms. The molecular formula is C21H22N4O5. The lowest BCUT2D eigenvalue weighted by atomic mass is 10.0. The van der Waals surface area contributed by atoms with E-state index >= 15 is 0 Å². The molecule has 156 valence electrons. The van der Waals surface area contributed by atoms with Crippen LogP contribution in [0.3, 0.4) is 0 Å². The monoisotopic (exact) mass is 410 g/mol. The van der Waals surface area contributed by atoms with Crippen LogP contribution in [-0.4, -0.2) is 49.2 Å². The van der Waals surface area contributed by atoms with Gasteiger partial charge in [0.1, 0.15) is 0 Å². The molecule has 1 fully saturated rings. The second-order valence-electron chi connectivity index (χ2n) is 7.02. The van der Waals surface area contributed by atoms with E-state index in [0.717, 1.165) is 5.56 Å². The van der Waals surface area contributed by atoms with E-state index in [-0.39, 0.29) is 31.7 Å². The SMILES string of the molecule is O=C1C[C@@H](c2ccccc2)N(CC(=O)NC(=O)Nc2ccc3c(c2)OCO3)CCN1. The molecule has 0 saturated carbocycles. The van der Waals surface area contributed by atoms with E-state index in [2.05, 4.69) is 16.0 Å². The van der Waals surface area contributed by atoms with Crippen LogP contribution < -0.4 is 25.4 Å². The van der Waals surface area contributed by atoms with Crippen molar-refractivity contribution >= 4 is 23.5 Å². The van der Waals surface area contributed by atoms with Gasteiger partial charge < -0.3 is 20.1 Å². The van der Waals surface area contributed by atoms with Gasteiger partial charge in [0.15, 0.2) is 11.5 Å². The van der Waals surface area contributed by atoms with Gasteiger partial charge in [-0.15, -0.1) is 0 Å². The second-order valence-corrected chi connectivity index (χ2v) is 7.02. The molecular weight excluding hydrogens is 388 g/mol. The van der Waals surface area contributed by atoms with Gasteiger partial charge in [-0.2, -0.15) is 0 Å². The van der Waals surface area contributed by atoms with Gasteiger partial charge in [0.05, 0.1) is 6.54 Å². The molecule has 2 aromatic carbocycles. The van der Waals surface area contributed by atoms with Gasteiger partial charge in [-0.25, -0.2) is 4.79 Å². The number of anilines is 1. The van der Waals surface area contributed by atoms with Gasteiger partial charge in [0.2, 0.25) is 18.6 Å². The van der Waals surface area contributed by atoms with Crippen LogP contribution in [0.1, 0.15) is 18.0 Å². The number of fused-ring (bicyclic) bond motifs is 1. The molecule has 0 aromatic heterocycles. The van der Waals surface area contributed by atoms with Crippen molar-refractivity contribution in [2.24, 2.45) is 0 Å². The Kier molecular flexibility index (Phi) is 5.80. The van der Waals surface area contributed by atoms with E-state index in [1.807, 2.05) is 35.2 Å². The van der Waals surface area contributed by atoms with E-state index in [9.17, 15) is 14.4 Å². The van der Waals surface area contributed by atoms with Crippen LogP contribution in [0.4, 0.5) is 10.5 Å². The Morgan fingerprint density at radius 2 is 1.90 bits per heavy atom. The molecule has 2 aromatic rings. The summed E-state index contributed by atoms with van der Waals surface area (Å²) in [7, 11) is 0. The number of imide groups is 1. The number of nitrogens with zero attached hydrogens (tertiary/aromatic N) is 1. The zero-order valence-corrected chi connectivity index (χ0v) is 16.2. The zero-order valence-electron chi connectivity index (χ0n) is 16.2. The maximum atomic E-state index is 12.5.